The molecule has 8 N–H and O–H groups in total. The lowest BCUT2D eigenvalue weighted by Crippen LogP contribution is -2.58. The van der Waals surface area contributed by atoms with E-state index in [9.17, 15) is 34.2 Å². The van der Waals surface area contributed by atoms with Crippen molar-refractivity contribution in [3.8, 4) is 5.75 Å². The van der Waals surface area contributed by atoms with E-state index < -0.39 is 60.2 Å². The molecule has 0 heterocycles. The van der Waals surface area contributed by atoms with Gasteiger partial charge in [-0.2, -0.15) is 25.3 Å². The molecule has 12 nitrogen and oxygen atoms in total. The average molecular weight is 503 g/mol. The lowest BCUT2D eigenvalue weighted by atomic mass is 10.0. The van der Waals surface area contributed by atoms with Crippen molar-refractivity contribution >= 4 is 54.9 Å². The zero-order chi connectivity index (χ0) is 25.1. The summed E-state index contributed by atoms with van der Waals surface area (Å²) in [5, 5.41) is 34.6. The van der Waals surface area contributed by atoms with Crippen molar-refractivity contribution < 1.29 is 39.3 Å². The minimum absolute atomic E-state index is 0.00833. The number of amides is 3. The predicted molar refractivity (Wildman–Crippen MR) is 123 cm³/mol. The summed E-state index contributed by atoms with van der Waals surface area (Å²) in [6.45, 7) is 0. The fourth-order valence-corrected chi connectivity index (χ4v) is 2.98. The van der Waals surface area contributed by atoms with Crippen LogP contribution < -0.4 is 21.7 Å². The number of rotatable bonds is 13. The topological polar surface area (TPSA) is 208 Å². The van der Waals surface area contributed by atoms with Gasteiger partial charge in [0.1, 0.15) is 23.9 Å². The number of carbonyl (C=O) groups is 5. The maximum absolute atomic E-state index is 12.6. The summed E-state index contributed by atoms with van der Waals surface area (Å²) in [4.78, 5) is 59.9. The number of benzene rings is 1. The SMILES string of the molecule is NC(CS)C(=O)NC(CS)C(=O)NC(CC(=O)O)C(=O)NC(Cc1ccc(O)cc1)C(=O)O. The highest BCUT2D eigenvalue weighted by Crippen LogP contribution is 2.12. The molecule has 4 unspecified atom stereocenters. The Labute approximate surface area is 200 Å². The number of carboxylic acids is 2. The number of carboxylic acid groups (broad SMARTS) is 2. The van der Waals surface area contributed by atoms with Crippen molar-refractivity contribution in [1.82, 2.24) is 16.0 Å². The molecular weight excluding hydrogens is 476 g/mol. The molecule has 0 fully saturated rings. The van der Waals surface area contributed by atoms with Gasteiger partial charge in [0.05, 0.1) is 12.5 Å². The predicted octanol–water partition coefficient (Wildman–Crippen LogP) is -1.86. The zero-order valence-electron chi connectivity index (χ0n) is 17.3. The van der Waals surface area contributed by atoms with E-state index in [4.69, 9.17) is 10.8 Å². The van der Waals surface area contributed by atoms with Gasteiger partial charge in [-0.15, -0.1) is 0 Å². The number of phenolic OH excluding ortho intramolecular Hbond substituents is 1. The summed E-state index contributed by atoms with van der Waals surface area (Å²) in [5.41, 5.74) is 6.02. The second kappa shape index (κ2) is 13.5. The Hall–Kier alpha value is -2.97. The molecule has 0 saturated carbocycles. The third kappa shape index (κ3) is 9.59. The van der Waals surface area contributed by atoms with Crippen LogP contribution in [0.1, 0.15) is 12.0 Å². The number of phenols is 1. The summed E-state index contributed by atoms with van der Waals surface area (Å²) >= 11 is 7.85. The molecule has 0 aliphatic carbocycles. The summed E-state index contributed by atoms with van der Waals surface area (Å²) < 4.78 is 0. The lowest BCUT2D eigenvalue weighted by molar-refractivity contribution is -0.143. The minimum atomic E-state index is -1.63. The van der Waals surface area contributed by atoms with Gasteiger partial charge in [0.25, 0.3) is 0 Å². The Morgan fingerprint density at radius 2 is 1.33 bits per heavy atom. The van der Waals surface area contributed by atoms with Gasteiger partial charge in [-0.3, -0.25) is 19.2 Å². The van der Waals surface area contributed by atoms with E-state index in [2.05, 4.69) is 41.2 Å². The van der Waals surface area contributed by atoms with Gasteiger partial charge in [0.2, 0.25) is 17.7 Å². The minimum Gasteiger partial charge on any atom is -0.508 e. The first-order valence-corrected chi connectivity index (χ1v) is 10.9. The van der Waals surface area contributed by atoms with Crippen LogP contribution in [-0.2, 0) is 30.4 Å². The van der Waals surface area contributed by atoms with Crippen LogP contribution >= 0.6 is 25.3 Å². The Kier molecular flexibility index (Phi) is 11.5. The standard InChI is InChI=1S/C19H26N4O8S2/c20-11(7-32)16(27)23-14(8-33)18(29)21-12(6-15(25)26)17(28)22-13(19(30)31)5-9-1-3-10(24)4-2-9/h1-4,11-14,24,32-33H,5-8,20H2,(H,21,29)(H,22,28)(H,23,27)(H,25,26)(H,30,31). The van der Waals surface area contributed by atoms with Crippen LogP contribution in [0.4, 0.5) is 0 Å². The highest BCUT2D eigenvalue weighted by molar-refractivity contribution is 7.80. The van der Waals surface area contributed by atoms with Gasteiger partial charge in [0, 0.05) is 17.9 Å². The molecular formula is C19H26N4O8S2. The van der Waals surface area contributed by atoms with Crippen LogP contribution in [0.15, 0.2) is 24.3 Å². The molecule has 0 bridgehead atoms. The van der Waals surface area contributed by atoms with Crippen molar-refractivity contribution in [2.75, 3.05) is 11.5 Å². The van der Waals surface area contributed by atoms with Gasteiger partial charge in [-0.05, 0) is 17.7 Å². The van der Waals surface area contributed by atoms with Crippen LogP contribution in [0.3, 0.4) is 0 Å². The number of hydrogen-bond acceptors (Lipinski definition) is 9. The highest BCUT2D eigenvalue weighted by Gasteiger charge is 2.31. The zero-order valence-corrected chi connectivity index (χ0v) is 19.1. The van der Waals surface area contributed by atoms with E-state index in [1.54, 1.807) is 0 Å². The fraction of sp³-hybridized carbons (Fsp3) is 0.421. The molecule has 1 rings (SSSR count). The number of nitrogens with two attached hydrogens (primary N) is 1. The van der Waals surface area contributed by atoms with Crippen LogP contribution in [0.2, 0.25) is 0 Å². The van der Waals surface area contributed by atoms with Gasteiger partial charge < -0.3 is 37.0 Å². The van der Waals surface area contributed by atoms with Crippen LogP contribution in [0.25, 0.3) is 0 Å². The van der Waals surface area contributed by atoms with Crippen molar-refractivity contribution in [2.45, 2.75) is 37.0 Å². The van der Waals surface area contributed by atoms with Gasteiger partial charge in [-0.1, -0.05) is 12.1 Å². The molecule has 3 amide bonds. The molecule has 0 aliphatic rings. The second-order valence-electron chi connectivity index (χ2n) is 6.96. The largest absolute Gasteiger partial charge is 0.508 e. The molecule has 0 spiro atoms. The lowest BCUT2D eigenvalue weighted by Gasteiger charge is -2.23. The van der Waals surface area contributed by atoms with Crippen LogP contribution in [0, 0.1) is 0 Å². The molecule has 0 aliphatic heterocycles. The number of aliphatic carboxylic acids is 2. The molecule has 33 heavy (non-hydrogen) atoms. The van der Waals surface area contributed by atoms with Gasteiger partial charge >= 0.3 is 11.9 Å². The average Bonchev–Trinajstić information content (AvgIpc) is 2.76. The van der Waals surface area contributed by atoms with E-state index in [1.807, 2.05) is 0 Å². The Bertz CT molecular complexity index is 868. The Morgan fingerprint density at radius 1 is 0.818 bits per heavy atom. The van der Waals surface area contributed by atoms with Crippen molar-refractivity contribution in [2.24, 2.45) is 5.73 Å². The third-order valence-electron chi connectivity index (χ3n) is 4.35. The second-order valence-corrected chi connectivity index (χ2v) is 7.69. The van der Waals surface area contributed by atoms with Crippen LogP contribution in [-0.4, -0.2) is 80.7 Å². The van der Waals surface area contributed by atoms with E-state index in [0.29, 0.717) is 5.56 Å². The Balaban J connectivity index is 2.93. The van der Waals surface area contributed by atoms with E-state index in [1.165, 1.54) is 24.3 Å². The summed E-state index contributed by atoms with van der Waals surface area (Å²) in [6.07, 6.45) is -1.00. The first kappa shape index (κ1) is 28.1. The maximum atomic E-state index is 12.6. The van der Waals surface area contributed by atoms with Crippen molar-refractivity contribution in [3.63, 3.8) is 0 Å². The molecule has 1 aromatic rings. The van der Waals surface area contributed by atoms with Crippen molar-refractivity contribution in [3.05, 3.63) is 29.8 Å². The molecule has 182 valence electrons. The molecule has 1 aromatic carbocycles. The first-order valence-electron chi connectivity index (χ1n) is 9.59. The third-order valence-corrected chi connectivity index (χ3v) is 5.11. The fourth-order valence-electron chi connectivity index (χ4n) is 2.55. The maximum Gasteiger partial charge on any atom is 0.326 e. The quantitative estimate of drug-likeness (QED) is 0.138. The Morgan fingerprint density at radius 3 is 1.82 bits per heavy atom. The first-order chi connectivity index (χ1) is 15.5. The van der Waals surface area contributed by atoms with E-state index in [-0.39, 0.29) is 23.7 Å². The normalized spacial score (nSPS) is 14.3. The van der Waals surface area contributed by atoms with E-state index >= 15 is 0 Å². The van der Waals surface area contributed by atoms with Crippen LogP contribution in [0.5, 0.6) is 5.75 Å². The molecule has 0 aromatic heterocycles. The van der Waals surface area contributed by atoms with E-state index in [0.717, 1.165) is 0 Å². The van der Waals surface area contributed by atoms with Gasteiger partial charge in [0.15, 0.2) is 0 Å². The molecule has 14 heteroatoms. The summed E-state index contributed by atoms with van der Waals surface area (Å²) in [5.74, 6) is -5.67. The summed E-state index contributed by atoms with van der Waals surface area (Å²) in [7, 11) is 0. The molecule has 0 saturated heterocycles. The number of nitrogens with one attached hydrogen (secondary N) is 3. The molecule has 0 radical (unpaired) electrons. The number of carbonyl (C=O) groups excluding carboxylic acids is 3. The van der Waals surface area contributed by atoms with Crippen molar-refractivity contribution in [1.29, 1.82) is 0 Å². The number of thiol groups is 2. The molecule has 4 atom stereocenters. The number of hydrogen-bond donors (Lipinski definition) is 9. The summed E-state index contributed by atoms with van der Waals surface area (Å²) in [6, 6.07) is 0.302. The highest BCUT2D eigenvalue weighted by atomic mass is 32.1. The van der Waals surface area contributed by atoms with Gasteiger partial charge in [-0.25, -0.2) is 4.79 Å². The number of aromatic hydroxyl groups is 1. The monoisotopic (exact) mass is 502 g/mol. The smallest absolute Gasteiger partial charge is 0.326 e.